The quantitative estimate of drug-likeness (QED) is 0.521. The van der Waals surface area contributed by atoms with E-state index < -0.39 is 0 Å². The molecule has 2 fully saturated rings. The Morgan fingerprint density at radius 1 is 0.949 bits per heavy atom. The summed E-state index contributed by atoms with van der Waals surface area (Å²) in [7, 11) is 4.55. The zero-order chi connectivity index (χ0) is 27.9. The van der Waals surface area contributed by atoms with Crippen molar-refractivity contribution in [1.82, 2.24) is 20.1 Å². The van der Waals surface area contributed by atoms with E-state index in [1.54, 1.807) is 29.3 Å². The Labute approximate surface area is 232 Å². The molecule has 0 atom stereocenters. The van der Waals surface area contributed by atoms with Crippen molar-refractivity contribution in [2.75, 3.05) is 54.1 Å². The van der Waals surface area contributed by atoms with Gasteiger partial charge in [-0.2, -0.15) is 0 Å². The van der Waals surface area contributed by atoms with Gasteiger partial charge in [-0.15, -0.1) is 11.3 Å². The van der Waals surface area contributed by atoms with E-state index in [0.29, 0.717) is 74.1 Å². The van der Waals surface area contributed by atoms with Gasteiger partial charge < -0.3 is 34.1 Å². The van der Waals surface area contributed by atoms with Gasteiger partial charge in [0.15, 0.2) is 11.5 Å². The molecule has 0 aliphatic carbocycles. The van der Waals surface area contributed by atoms with Gasteiger partial charge in [-0.25, -0.2) is 9.78 Å². The summed E-state index contributed by atoms with van der Waals surface area (Å²) in [5.74, 6) is 1.10. The SMILES string of the molecule is CCOC(=O)N1CCC(NC(=O)c2csc(C3CCN(C(=O)c4ccc(OC)c(OC)c4OC)CC3)n2)CC1. The normalized spacial score (nSPS) is 16.5. The summed E-state index contributed by atoms with van der Waals surface area (Å²) in [5.41, 5.74) is 0.839. The number of hydrogen-bond acceptors (Lipinski definition) is 9. The largest absolute Gasteiger partial charge is 0.493 e. The van der Waals surface area contributed by atoms with Crippen LogP contribution in [0.5, 0.6) is 17.2 Å². The maximum atomic E-state index is 13.3. The van der Waals surface area contributed by atoms with Crippen molar-refractivity contribution in [1.29, 1.82) is 0 Å². The number of hydrogen-bond donors (Lipinski definition) is 1. The fraction of sp³-hybridized carbons (Fsp3) is 0.556. The zero-order valence-electron chi connectivity index (χ0n) is 22.9. The minimum absolute atomic E-state index is 0.00357. The van der Waals surface area contributed by atoms with Crippen LogP contribution in [0.4, 0.5) is 4.79 Å². The van der Waals surface area contributed by atoms with Crippen LogP contribution in [0.2, 0.25) is 0 Å². The standard InChI is InChI=1S/C27H36N4O7S/c1-5-38-27(34)31-14-10-18(11-15-31)28-24(32)20-16-39-25(29-20)17-8-12-30(13-9-17)26(33)19-6-7-21(35-2)23(37-4)22(19)36-3/h6-7,16-18H,5,8-15H2,1-4H3,(H,28,32). The molecule has 3 amide bonds. The van der Waals surface area contributed by atoms with Crippen molar-refractivity contribution < 1.29 is 33.3 Å². The lowest BCUT2D eigenvalue weighted by Crippen LogP contribution is -2.46. The molecule has 39 heavy (non-hydrogen) atoms. The van der Waals surface area contributed by atoms with E-state index >= 15 is 0 Å². The van der Waals surface area contributed by atoms with Gasteiger partial charge >= 0.3 is 6.09 Å². The highest BCUT2D eigenvalue weighted by molar-refractivity contribution is 7.09. The maximum Gasteiger partial charge on any atom is 0.409 e. The summed E-state index contributed by atoms with van der Waals surface area (Å²) in [5, 5.41) is 5.76. The van der Waals surface area contributed by atoms with E-state index in [2.05, 4.69) is 10.3 Å². The molecule has 0 bridgehead atoms. The number of amides is 3. The van der Waals surface area contributed by atoms with Gasteiger partial charge in [-0.3, -0.25) is 9.59 Å². The van der Waals surface area contributed by atoms with E-state index in [0.717, 1.165) is 17.8 Å². The molecular formula is C27H36N4O7S. The first-order valence-electron chi connectivity index (χ1n) is 13.2. The molecule has 0 unspecified atom stereocenters. The first-order valence-corrected chi connectivity index (χ1v) is 14.0. The number of piperidine rings is 2. The third-order valence-corrected chi connectivity index (χ3v) is 8.18. The van der Waals surface area contributed by atoms with Crippen LogP contribution in [-0.4, -0.2) is 92.8 Å². The van der Waals surface area contributed by atoms with Crippen LogP contribution in [0.25, 0.3) is 0 Å². The van der Waals surface area contributed by atoms with Crippen LogP contribution in [-0.2, 0) is 4.74 Å². The Hall–Kier alpha value is -3.54. The second-order valence-electron chi connectivity index (χ2n) is 9.45. The number of aromatic nitrogens is 1. The molecule has 0 spiro atoms. The molecule has 212 valence electrons. The number of thiazole rings is 1. The number of ether oxygens (including phenoxy) is 4. The third kappa shape index (κ3) is 6.38. The second-order valence-corrected chi connectivity index (χ2v) is 10.3. The van der Waals surface area contributed by atoms with Crippen molar-refractivity contribution in [2.24, 2.45) is 0 Å². The number of nitrogens with one attached hydrogen (secondary N) is 1. The monoisotopic (exact) mass is 560 g/mol. The lowest BCUT2D eigenvalue weighted by molar-refractivity contribution is 0.0708. The van der Waals surface area contributed by atoms with E-state index in [4.69, 9.17) is 18.9 Å². The predicted octanol–water partition coefficient (Wildman–Crippen LogP) is 3.54. The van der Waals surface area contributed by atoms with E-state index in [1.165, 1.54) is 32.7 Å². The molecule has 2 aliphatic rings. The lowest BCUT2D eigenvalue weighted by atomic mass is 9.96. The summed E-state index contributed by atoms with van der Waals surface area (Å²) < 4.78 is 21.3. The zero-order valence-corrected chi connectivity index (χ0v) is 23.7. The summed E-state index contributed by atoms with van der Waals surface area (Å²) in [6.07, 6.45) is 2.56. The van der Waals surface area contributed by atoms with Gasteiger partial charge in [0.2, 0.25) is 5.75 Å². The summed E-state index contributed by atoms with van der Waals surface area (Å²) in [6.45, 7) is 4.39. The second kappa shape index (κ2) is 13.0. The number of likely N-dealkylation sites (tertiary alicyclic amines) is 2. The van der Waals surface area contributed by atoms with E-state index in [-0.39, 0.29) is 29.9 Å². The molecule has 4 rings (SSSR count). The van der Waals surface area contributed by atoms with Crippen molar-refractivity contribution >= 4 is 29.2 Å². The smallest absolute Gasteiger partial charge is 0.409 e. The van der Waals surface area contributed by atoms with Gasteiger partial charge in [0.25, 0.3) is 11.8 Å². The number of carbonyl (C=O) groups is 3. The number of benzene rings is 1. The topological polar surface area (TPSA) is 120 Å². The average molecular weight is 561 g/mol. The van der Waals surface area contributed by atoms with Crippen LogP contribution in [0.3, 0.4) is 0 Å². The minimum Gasteiger partial charge on any atom is -0.493 e. The Balaban J connectivity index is 1.31. The average Bonchev–Trinajstić information content (AvgIpc) is 3.47. The molecule has 3 heterocycles. The molecule has 2 aliphatic heterocycles. The lowest BCUT2D eigenvalue weighted by Gasteiger charge is -2.32. The van der Waals surface area contributed by atoms with Gasteiger partial charge in [0.1, 0.15) is 5.69 Å². The van der Waals surface area contributed by atoms with Crippen LogP contribution in [0.15, 0.2) is 17.5 Å². The van der Waals surface area contributed by atoms with Crippen molar-refractivity contribution in [3.05, 3.63) is 33.8 Å². The molecule has 2 saturated heterocycles. The molecule has 0 radical (unpaired) electrons. The van der Waals surface area contributed by atoms with Crippen molar-refractivity contribution in [2.45, 2.75) is 44.6 Å². The minimum atomic E-state index is -0.304. The number of methoxy groups -OCH3 is 3. The highest BCUT2D eigenvalue weighted by Gasteiger charge is 2.30. The Morgan fingerprint density at radius 2 is 1.62 bits per heavy atom. The first kappa shape index (κ1) is 28.5. The molecule has 11 nitrogen and oxygen atoms in total. The summed E-state index contributed by atoms with van der Waals surface area (Å²) >= 11 is 1.48. The van der Waals surface area contributed by atoms with Crippen molar-refractivity contribution in [3.8, 4) is 17.2 Å². The first-order chi connectivity index (χ1) is 18.9. The molecular weight excluding hydrogens is 524 g/mol. The number of carbonyl (C=O) groups excluding carboxylic acids is 3. The van der Waals surface area contributed by atoms with Gasteiger partial charge in [-0.05, 0) is 44.7 Å². The van der Waals surface area contributed by atoms with Gasteiger partial charge in [0.05, 0.1) is 38.5 Å². The fourth-order valence-electron chi connectivity index (χ4n) is 5.03. The highest BCUT2D eigenvalue weighted by atomic mass is 32.1. The third-order valence-electron chi connectivity index (χ3n) is 7.18. The Bertz CT molecular complexity index is 1170. The molecule has 0 saturated carbocycles. The van der Waals surface area contributed by atoms with Crippen LogP contribution in [0.1, 0.15) is 64.4 Å². The molecule has 2 aromatic rings. The fourth-order valence-corrected chi connectivity index (χ4v) is 6.00. The van der Waals surface area contributed by atoms with Crippen molar-refractivity contribution in [3.63, 3.8) is 0 Å². The molecule has 1 aromatic heterocycles. The number of nitrogens with zero attached hydrogens (tertiary/aromatic N) is 3. The van der Waals surface area contributed by atoms with E-state index in [1.807, 2.05) is 4.90 Å². The van der Waals surface area contributed by atoms with Gasteiger partial charge in [-0.1, -0.05) is 0 Å². The van der Waals surface area contributed by atoms with Crippen LogP contribution >= 0.6 is 11.3 Å². The van der Waals surface area contributed by atoms with Gasteiger partial charge in [0, 0.05) is 43.5 Å². The van der Waals surface area contributed by atoms with E-state index in [9.17, 15) is 14.4 Å². The predicted molar refractivity (Wildman–Crippen MR) is 145 cm³/mol. The Kier molecular flexibility index (Phi) is 9.50. The summed E-state index contributed by atoms with van der Waals surface area (Å²) in [6, 6.07) is 3.39. The summed E-state index contributed by atoms with van der Waals surface area (Å²) in [4.78, 5) is 46.1. The van der Waals surface area contributed by atoms with Crippen LogP contribution < -0.4 is 19.5 Å². The molecule has 1 N–H and O–H groups in total. The molecule has 1 aromatic carbocycles. The molecule has 12 heteroatoms. The maximum absolute atomic E-state index is 13.3. The van der Waals surface area contributed by atoms with Crippen LogP contribution in [0, 0.1) is 0 Å². The number of rotatable bonds is 8. The Morgan fingerprint density at radius 3 is 2.23 bits per heavy atom. The highest BCUT2D eigenvalue weighted by Crippen LogP contribution is 2.41.